The minimum Gasteiger partial charge on any atom is -0.516 e. The summed E-state index contributed by atoms with van der Waals surface area (Å²) in [6.45, 7) is 6.50. The predicted molar refractivity (Wildman–Crippen MR) is 179 cm³/mol. The van der Waals surface area contributed by atoms with Crippen LogP contribution in [0.4, 0.5) is 11.4 Å². The molecule has 0 atom stereocenters. The van der Waals surface area contributed by atoms with Crippen LogP contribution >= 0.6 is 0 Å². The molecule has 6 aromatic carbocycles. The highest BCUT2D eigenvalue weighted by Crippen LogP contribution is 2.46. The third-order valence-electron chi connectivity index (χ3n) is 8.40. The van der Waals surface area contributed by atoms with Crippen molar-refractivity contribution >= 4 is 30.2 Å². The molecule has 0 aromatic heterocycles. The first-order valence-electron chi connectivity index (χ1n) is 14.5. The smallest absolute Gasteiger partial charge is 0.433 e. The molecule has 0 bridgehead atoms. The van der Waals surface area contributed by atoms with Gasteiger partial charge in [0.05, 0.1) is 5.69 Å². The average molecular weight is 560 g/mol. The molecular formula is C39H33NOSi. The van der Waals surface area contributed by atoms with Crippen molar-refractivity contribution in [1.82, 2.24) is 0 Å². The standard InChI is InChI=1S/C39H33NOSi/c1-28-20-22-35(23-21-28)40-38-24-29(2)30(3)25-39(38)41-42(40,36-18-10-16-33(26-36)31-12-6-4-7-13-31)37-19-11-17-34(27-37)32-14-8-5-9-15-32/h4-27H,1-3H3. The van der Waals surface area contributed by atoms with Gasteiger partial charge in [-0.3, -0.25) is 0 Å². The molecule has 6 aromatic rings. The number of fused-ring (bicyclic) bond motifs is 1. The average Bonchev–Trinajstić information content (AvgIpc) is 3.37. The van der Waals surface area contributed by atoms with Crippen LogP contribution in [0.25, 0.3) is 22.3 Å². The Labute approximate surface area is 249 Å². The van der Waals surface area contributed by atoms with Crippen molar-refractivity contribution in [2.75, 3.05) is 4.57 Å². The zero-order valence-electron chi connectivity index (χ0n) is 24.2. The van der Waals surface area contributed by atoms with Gasteiger partial charge in [0, 0.05) is 16.1 Å². The number of benzene rings is 6. The van der Waals surface area contributed by atoms with E-state index in [4.69, 9.17) is 4.43 Å². The van der Waals surface area contributed by atoms with E-state index in [0.717, 1.165) is 17.1 Å². The Morgan fingerprint density at radius 2 is 0.976 bits per heavy atom. The van der Waals surface area contributed by atoms with Crippen molar-refractivity contribution in [2.45, 2.75) is 20.8 Å². The van der Waals surface area contributed by atoms with Gasteiger partial charge in [0.15, 0.2) is 0 Å². The molecule has 0 aliphatic carbocycles. The fraction of sp³-hybridized carbons (Fsp3) is 0.0769. The van der Waals surface area contributed by atoms with E-state index in [1.807, 2.05) is 0 Å². The summed E-state index contributed by atoms with van der Waals surface area (Å²) in [6, 6.07) is 52.7. The maximum atomic E-state index is 7.45. The van der Waals surface area contributed by atoms with Crippen molar-refractivity contribution in [2.24, 2.45) is 0 Å². The van der Waals surface area contributed by atoms with Crippen LogP contribution in [-0.2, 0) is 0 Å². The van der Waals surface area contributed by atoms with E-state index in [-0.39, 0.29) is 0 Å². The van der Waals surface area contributed by atoms with Gasteiger partial charge in [-0.1, -0.05) is 115 Å². The molecule has 0 unspecified atom stereocenters. The first-order chi connectivity index (χ1) is 20.5. The molecule has 0 saturated heterocycles. The van der Waals surface area contributed by atoms with Crippen LogP contribution in [0.5, 0.6) is 5.75 Å². The zero-order valence-corrected chi connectivity index (χ0v) is 25.2. The molecule has 42 heavy (non-hydrogen) atoms. The van der Waals surface area contributed by atoms with Crippen LogP contribution in [0.15, 0.2) is 146 Å². The van der Waals surface area contributed by atoms with Crippen molar-refractivity contribution in [1.29, 1.82) is 0 Å². The first kappa shape index (κ1) is 26.1. The van der Waals surface area contributed by atoms with Crippen molar-refractivity contribution in [3.63, 3.8) is 0 Å². The molecule has 3 heteroatoms. The third-order valence-corrected chi connectivity index (χ3v) is 12.2. The molecule has 2 nitrogen and oxygen atoms in total. The van der Waals surface area contributed by atoms with Gasteiger partial charge in [-0.15, -0.1) is 0 Å². The van der Waals surface area contributed by atoms with Crippen molar-refractivity contribution in [3.05, 3.63) is 162 Å². The summed E-state index contributed by atoms with van der Waals surface area (Å²) in [7, 11) is -3.12. The second-order valence-electron chi connectivity index (χ2n) is 11.2. The molecule has 0 spiro atoms. The van der Waals surface area contributed by atoms with Crippen LogP contribution < -0.4 is 19.4 Å². The van der Waals surface area contributed by atoms with Crippen LogP contribution in [0.1, 0.15) is 16.7 Å². The Morgan fingerprint density at radius 3 is 1.52 bits per heavy atom. The largest absolute Gasteiger partial charge is 0.516 e. The molecule has 1 aliphatic heterocycles. The summed E-state index contributed by atoms with van der Waals surface area (Å²) in [5.74, 6) is 0.945. The topological polar surface area (TPSA) is 12.5 Å². The minimum absolute atomic E-state index is 0.945. The predicted octanol–water partition coefficient (Wildman–Crippen LogP) is 8.73. The van der Waals surface area contributed by atoms with Gasteiger partial charge in [-0.2, -0.15) is 0 Å². The lowest BCUT2D eigenvalue weighted by Crippen LogP contribution is -2.71. The van der Waals surface area contributed by atoms with E-state index in [2.05, 4.69) is 171 Å². The number of rotatable bonds is 5. The summed E-state index contributed by atoms with van der Waals surface area (Å²) < 4.78 is 9.98. The van der Waals surface area contributed by atoms with Crippen molar-refractivity contribution < 1.29 is 4.43 Å². The zero-order chi connectivity index (χ0) is 28.7. The molecular weight excluding hydrogens is 527 g/mol. The molecule has 0 radical (unpaired) electrons. The van der Waals surface area contributed by atoms with Gasteiger partial charge >= 0.3 is 8.48 Å². The molecule has 0 N–H and O–H groups in total. The second kappa shape index (κ2) is 10.5. The fourth-order valence-corrected chi connectivity index (χ4v) is 10.1. The summed E-state index contributed by atoms with van der Waals surface area (Å²) in [6.07, 6.45) is 0. The maximum absolute atomic E-state index is 7.45. The first-order valence-corrected chi connectivity index (χ1v) is 16.4. The fourth-order valence-electron chi connectivity index (χ4n) is 6.04. The highest BCUT2D eigenvalue weighted by atomic mass is 28.4. The van der Waals surface area contributed by atoms with Gasteiger partial charge in [-0.25, -0.2) is 0 Å². The van der Waals surface area contributed by atoms with E-state index in [1.54, 1.807) is 0 Å². The van der Waals surface area contributed by atoms with E-state index < -0.39 is 8.48 Å². The molecule has 1 aliphatic rings. The summed E-state index contributed by atoms with van der Waals surface area (Å²) in [5, 5.41) is 2.42. The van der Waals surface area contributed by atoms with Gasteiger partial charge in [0.2, 0.25) is 0 Å². The summed E-state index contributed by atoms with van der Waals surface area (Å²) >= 11 is 0. The number of hydrogen-bond acceptors (Lipinski definition) is 2. The Hall–Kier alpha value is -4.86. The van der Waals surface area contributed by atoms with Crippen LogP contribution in [0.2, 0.25) is 0 Å². The lowest BCUT2D eigenvalue weighted by molar-refractivity contribution is 0.587. The van der Waals surface area contributed by atoms with Gasteiger partial charge < -0.3 is 8.99 Å². The Kier molecular flexibility index (Phi) is 6.53. The third kappa shape index (κ3) is 4.43. The number of hydrogen-bond donors (Lipinski definition) is 0. The minimum atomic E-state index is -3.12. The van der Waals surface area contributed by atoms with Crippen molar-refractivity contribution in [3.8, 4) is 28.0 Å². The normalized spacial score (nSPS) is 13.5. The molecule has 0 saturated carbocycles. The Bertz CT molecular complexity index is 1800. The quantitative estimate of drug-likeness (QED) is 0.196. The summed E-state index contributed by atoms with van der Waals surface area (Å²) in [5.41, 5.74) is 10.8. The molecule has 0 amide bonds. The molecule has 204 valence electrons. The number of anilines is 2. The number of aryl methyl sites for hydroxylation is 3. The van der Waals surface area contributed by atoms with Gasteiger partial charge in [0.25, 0.3) is 0 Å². The van der Waals surface area contributed by atoms with Gasteiger partial charge in [0.1, 0.15) is 5.75 Å². The molecule has 0 fully saturated rings. The van der Waals surface area contributed by atoms with E-state index in [1.165, 1.54) is 49.3 Å². The summed E-state index contributed by atoms with van der Waals surface area (Å²) in [4.78, 5) is 0. The van der Waals surface area contributed by atoms with Crippen LogP contribution in [0.3, 0.4) is 0 Å². The SMILES string of the molecule is Cc1ccc(N2c3cc(C)c(C)cc3O[Si]2(c2cccc(-c3ccccc3)c2)c2cccc(-c3ccccc3)c2)cc1. The maximum Gasteiger partial charge on any atom is 0.433 e. The highest BCUT2D eigenvalue weighted by molar-refractivity contribution is 7.02. The lowest BCUT2D eigenvalue weighted by Gasteiger charge is -2.36. The Balaban J connectivity index is 1.53. The van der Waals surface area contributed by atoms with E-state index >= 15 is 0 Å². The van der Waals surface area contributed by atoms with E-state index in [0.29, 0.717) is 0 Å². The number of nitrogens with zero attached hydrogens (tertiary/aromatic N) is 1. The highest BCUT2D eigenvalue weighted by Gasteiger charge is 2.55. The van der Waals surface area contributed by atoms with Gasteiger partial charge in [-0.05, 0) is 90.6 Å². The molecule has 7 rings (SSSR count). The second-order valence-corrected chi connectivity index (χ2v) is 14.3. The lowest BCUT2D eigenvalue weighted by atomic mass is 10.1. The molecule has 1 heterocycles. The van der Waals surface area contributed by atoms with E-state index in [9.17, 15) is 0 Å². The Morgan fingerprint density at radius 1 is 0.476 bits per heavy atom. The van der Waals surface area contributed by atoms with Crippen LogP contribution in [0, 0.1) is 20.8 Å². The monoisotopic (exact) mass is 559 g/mol. The van der Waals surface area contributed by atoms with Crippen LogP contribution in [-0.4, -0.2) is 8.48 Å².